The van der Waals surface area contributed by atoms with Crippen LogP contribution in [0, 0.1) is 0 Å². The molecule has 1 saturated heterocycles. The number of alkyl carbamates (subject to hydrolysis) is 1. The van der Waals surface area contributed by atoms with E-state index in [-0.39, 0.29) is 38.0 Å². The molecular formula is C26H30N2O6. The summed E-state index contributed by atoms with van der Waals surface area (Å²) in [5, 5.41) is 12.2. The first-order chi connectivity index (χ1) is 16.5. The predicted molar refractivity (Wildman–Crippen MR) is 125 cm³/mol. The van der Waals surface area contributed by atoms with Crippen molar-refractivity contribution in [1.82, 2.24) is 10.2 Å². The molecule has 1 fully saturated rings. The molecule has 2 aromatic rings. The number of carboxylic acids is 1. The van der Waals surface area contributed by atoms with Crippen LogP contribution in [0.2, 0.25) is 0 Å². The number of benzene rings is 2. The van der Waals surface area contributed by atoms with Crippen molar-refractivity contribution < 1.29 is 29.0 Å². The Labute approximate surface area is 198 Å². The van der Waals surface area contributed by atoms with E-state index in [1.165, 1.54) is 4.90 Å². The summed E-state index contributed by atoms with van der Waals surface area (Å²) in [7, 11) is 0. The van der Waals surface area contributed by atoms with Crippen LogP contribution in [0.15, 0.2) is 48.5 Å². The molecule has 0 saturated carbocycles. The summed E-state index contributed by atoms with van der Waals surface area (Å²) in [6, 6.07) is 14.8. The van der Waals surface area contributed by atoms with Gasteiger partial charge in [0, 0.05) is 24.9 Å². The second kappa shape index (κ2) is 10.7. The second-order valence-corrected chi connectivity index (χ2v) is 8.68. The van der Waals surface area contributed by atoms with Crippen LogP contribution in [0.25, 0.3) is 11.1 Å². The zero-order valence-corrected chi connectivity index (χ0v) is 19.2. The molecule has 0 bridgehead atoms. The topological polar surface area (TPSA) is 105 Å². The van der Waals surface area contributed by atoms with E-state index in [9.17, 15) is 19.5 Å². The Morgan fingerprint density at radius 3 is 2.38 bits per heavy atom. The summed E-state index contributed by atoms with van der Waals surface area (Å²) in [5.41, 5.74) is 4.56. The van der Waals surface area contributed by atoms with E-state index in [1.54, 1.807) is 0 Å². The molecule has 34 heavy (non-hydrogen) atoms. The zero-order chi connectivity index (χ0) is 24.1. The standard InChI is InChI=1S/C26H30N2O6/c1-2-7-17(14-24(29)28-12-13-33-16-23(28)25(30)31)27-26(32)34-15-22-20-10-5-3-8-18(20)19-9-4-6-11-21(19)22/h3-6,8-11,17,22-23H,2,7,12-16H2,1H3,(H,27,32)(H,30,31)/t17-,23?/m1/s1. The highest BCUT2D eigenvalue weighted by molar-refractivity contribution is 5.84. The first-order valence-electron chi connectivity index (χ1n) is 11.7. The normalized spacial score (nSPS) is 18.0. The molecule has 0 radical (unpaired) electrons. The Balaban J connectivity index is 1.37. The van der Waals surface area contributed by atoms with E-state index in [2.05, 4.69) is 29.6 Å². The van der Waals surface area contributed by atoms with E-state index in [1.807, 2.05) is 31.2 Å². The van der Waals surface area contributed by atoms with Gasteiger partial charge in [0.25, 0.3) is 0 Å². The summed E-state index contributed by atoms with van der Waals surface area (Å²) in [6.45, 7) is 2.65. The number of nitrogens with one attached hydrogen (secondary N) is 1. The third-order valence-corrected chi connectivity index (χ3v) is 6.46. The number of aliphatic carboxylic acids is 1. The van der Waals surface area contributed by atoms with Crippen molar-refractivity contribution in [2.45, 2.75) is 44.2 Å². The van der Waals surface area contributed by atoms with E-state index in [0.717, 1.165) is 28.7 Å². The van der Waals surface area contributed by atoms with Gasteiger partial charge in [0.15, 0.2) is 6.04 Å². The molecule has 2 aromatic carbocycles. The maximum atomic E-state index is 12.8. The van der Waals surface area contributed by atoms with Gasteiger partial charge in [-0.2, -0.15) is 0 Å². The lowest BCUT2D eigenvalue weighted by molar-refractivity contribution is -0.158. The number of carbonyl (C=O) groups is 3. The summed E-state index contributed by atoms with van der Waals surface area (Å²) in [4.78, 5) is 38.3. The van der Waals surface area contributed by atoms with Crippen LogP contribution >= 0.6 is 0 Å². The maximum absolute atomic E-state index is 12.8. The molecule has 2 N–H and O–H groups in total. The average Bonchev–Trinajstić information content (AvgIpc) is 3.16. The number of nitrogens with zero attached hydrogens (tertiary/aromatic N) is 1. The molecule has 0 spiro atoms. The van der Waals surface area contributed by atoms with E-state index >= 15 is 0 Å². The van der Waals surface area contributed by atoms with Gasteiger partial charge in [-0.3, -0.25) is 4.79 Å². The second-order valence-electron chi connectivity index (χ2n) is 8.68. The van der Waals surface area contributed by atoms with Crippen molar-refractivity contribution in [2.75, 3.05) is 26.4 Å². The number of carboxylic acid groups (broad SMARTS) is 1. The monoisotopic (exact) mass is 466 g/mol. The highest BCUT2D eigenvalue weighted by Crippen LogP contribution is 2.44. The largest absolute Gasteiger partial charge is 0.480 e. The molecule has 0 aromatic heterocycles. The van der Waals surface area contributed by atoms with Gasteiger partial charge in [0.2, 0.25) is 5.91 Å². The van der Waals surface area contributed by atoms with Gasteiger partial charge in [0.1, 0.15) is 6.61 Å². The quantitative estimate of drug-likeness (QED) is 0.618. The number of amides is 2. The summed E-state index contributed by atoms with van der Waals surface area (Å²) in [5.74, 6) is -1.45. The number of hydrogen-bond acceptors (Lipinski definition) is 5. The third-order valence-electron chi connectivity index (χ3n) is 6.46. The van der Waals surface area contributed by atoms with Gasteiger partial charge < -0.3 is 24.8 Å². The van der Waals surface area contributed by atoms with Crippen LogP contribution in [0.4, 0.5) is 4.79 Å². The highest BCUT2D eigenvalue weighted by atomic mass is 16.5. The van der Waals surface area contributed by atoms with Crippen molar-refractivity contribution in [1.29, 1.82) is 0 Å². The Kier molecular flexibility index (Phi) is 7.47. The molecule has 2 amide bonds. The number of morpholine rings is 1. The van der Waals surface area contributed by atoms with Crippen molar-refractivity contribution in [2.24, 2.45) is 0 Å². The Morgan fingerprint density at radius 1 is 1.12 bits per heavy atom. The van der Waals surface area contributed by atoms with Crippen molar-refractivity contribution in [3.05, 3.63) is 59.7 Å². The van der Waals surface area contributed by atoms with E-state index in [4.69, 9.17) is 9.47 Å². The number of carbonyl (C=O) groups excluding carboxylic acids is 2. The summed E-state index contributed by atoms with van der Waals surface area (Å²) in [6.07, 6.45) is 0.775. The lowest BCUT2D eigenvalue weighted by atomic mass is 9.98. The minimum absolute atomic E-state index is 0.0157. The minimum atomic E-state index is -1.09. The van der Waals surface area contributed by atoms with Gasteiger partial charge in [-0.25, -0.2) is 9.59 Å². The molecule has 180 valence electrons. The van der Waals surface area contributed by atoms with E-state index < -0.39 is 24.1 Å². The smallest absolute Gasteiger partial charge is 0.407 e. The van der Waals surface area contributed by atoms with Gasteiger partial charge in [-0.1, -0.05) is 61.9 Å². The summed E-state index contributed by atoms with van der Waals surface area (Å²) < 4.78 is 10.8. The zero-order valence-electron chi connectivity index (χ0n) is 19.2. The van der Waals surface area contributed by atoms with Crippen molar-refractivity contribution in [3.63, 3.8) is 0 Å². The van der Waals surface area contributed by atoms with E-state index in [0.29, 0.717) is 13.0 Å². The molecule has 1 heterocycles. The molecule has 1 unspecified atom stereocenters. The Hall–Kier alpha value is -3.39. The van der Waals surface area contributed by atoms with Crippen molar-refractivity contribution in [3.8, 4) is 11.1 Å². The Morgan fingerprint density at radius 2 is 1.76 bits per heavy atom. The fourth-order valence-corrected chi connectivity index (χ4v) is 4.82. The van der Waals surface area contributed by atoms with Crippen LogP contribution in [0.1, 0.15) is 43.2 Å². The minimum Gasteiger partial charge on any atom is -0.480 e. The fourth-order valence-electron chi connectivity index (χ4n) is 4.82. The van der Waals surface area contributed by atoms with Crippen LogP contribution in [-0.4, -0.2) is 66.4 Å². The Bertz CT molecular complexity index is 1010. The molecular weight excluding hydrogens is 436 g/mol. The number of ether oxygens (including phenoxy) is 2. The molecule has 2 atom stereocenters. The van der Waals surface area contributed by atoms with Gasteiger partial charge in [-0.15, -0.1) is 0 Å². The maximum Gasteiger partial charge on any atom is 0.407 e. The number of hydrogen-bond donors (Lipinski definition) is 2. The van der Waals surface area contributed by atoms with Gasteiger partial charge >= 0.3 is 12.1 Å². The molecule has 4 rings (SSSR count). The first-order valence-corrected chi connectivity index (χ1v) is 11.7. The van der Waals surface area contributed by atoms with Crippen LogP contribution in [0.3, 0.4) is 0 Å². The van der Waals surface area contributed by atoms with Crippen LogP contribution in [0.5, 0.6) is 0 Å². The molecule has 1 aliphatic heterocycles. The van der Waals surface area contributed by atoms with Crippen LogP contribution < -0.4 is 5.32 Å². The lowest BCUT2D eigenvalue weighted by Gasteiger charge is -2.34. The molecule has 1 aliphatic carbocycles. The van der Waals surface area contributed by atoms with Crippen molar-refractivity contribution >= 4 is 18.0 Å². The molecule has 8 heteroatoms. The van der Waals surface area contributed by atoms with Crippen LogP contribution in [-0.2, 0) is 19.1 Å². The first kappa shape index (κ1) is 23.8. The molecule has 2 aliphatic rings. The lowest BCUT2D eigenvalue weighted by Crippen LogP contribution is -2.53. The SMILES string of the molecule is CCC[C@H](CC(=O)N1CCOCC1C(=O)O)NC(=O)OCC1c2ccccc2-c2ccccc21. The van der Waals surface area contributed by atoms with Gasteiger partial charge in [0.05, 0.1) is 13.2 Å². The molecule has 8 nitrogen and oxygen atoms in total. The summed E-state index contributed by atoms with van der Waals surface area (Å²) >= 11 is 0. The third kappa shape index (κ3) is 5.07. The number of rotatable bonds is 8. The average molecular weight is 467 g/mol. The number of fused-ring (bicyclic) bond motifs is 3. The highest BCUT2D eigenvalue weighted by Gasteiger charge is 2.34. The predicted octanol–water partition coefficient (Wildman–Crippen LogP) is 3.40. The fraction of sp³-hybridized carbons (Fsp3) is 0.423. The van der Waals surface area contributed by atoms with Gasteiger partial charge in [-0.05, 0) is 28.7 Å².